The van der Waals surface area contributed by atoms with Crippen LogP contribution in [0.25, 0.3) is 0 Å². The van der Waals surface area contributed by atoms with Gasteiger partial charge in [-0.2, -0.15) is 0 Å². The van der Waals surface area contributed by atoms with E-state index in [-0.39, 0.29) is 17.7 Å². The summed E-state index contributed by atoms with van der Waals surface area (Å²) in [6.07, 6.45) is 1.61. The molecule has 2 N–H and O–H groups in total. The van der Waals surface area contributed by atoms with E-state index < -0.39 is 6.04 Å². The van der Waals surface area contributed by atoms with Gasteiger partial charge in [0.2, 0.25) is 0 Å². The maximum absolute atomic E-state index is 11.8. The summed E-state index contributed by atoms with van der Waals surface area (Å²) in [5.41, 5.74) is 7.33. The Morgan fingerprint density at radius 1 is 1.27 bits per heavy atom. The van der Waals surface area contributed by atoms with Crippen molar-refractivity contribution in [2.45, 2.75) is 32.7 Å². The Bertz CT molecular complexity index is 517. The van der Waals surface area contributed by atoms with Gasteiger partial charge in [0.25, 0.3) is 0 Å². The maximum Gasteiger partial charge on any atom is 0.309 e. The van der Waals surface area contributed by atoms with E-state index in [1.54, 1.807) is 6.92 Å². The third-order valence-electron chi connectivity index (χ3n) is 4.05. The highest BCUT2D eigenvalue weighted by Gasteiger charge is 2.26. The van der Waals surface area contributed by atoms with Gasteiger partial charge in [0, 0.05) is 24.3 Å². The van der Waals surface area contributed by atoms with Gasteiger partial charge in [-0.15, -0.1) is 0 Å². The van der Waals surface area contributed by atoms with Crippen LogP contribution in [0.4, 0.5) is 5.69 Å². The van der Waals surface area contributed by atoms with Crippen LogP contribution in [0.5, 0.6) is 0 Å². The lowest BCUT2D eigenvalue weighted by atomic mass is 9.96. The van der Waals surface area contributed by atoms with Crippen molar-refractivity contribution in [1.29, 1.82) is 0 Å². The van der Waals surface area contributed by atoms with E-state index in [1.165, 1.54) is 0 Å². The summed E-state index contributed by atoms with van der Waals surface area (Å²) in [5, 5.41) is 0. The number of ether oxygens (including phenoxy) is 1. The molecule has 1 unspecified atom stereocenters. The molecule has 0 aromatic heterocycles. The number of benzene rings is 1. The monoisotopic (exact) mass is 304 g/mol. The molecule has 0 bridgehead atoms. The van der Waals surface area contributed by atoms with Gasteiger partial charge < -0.3 is 15.4 Å². The molecule has 1 heterocycles. The highest BCUT2D eigenvalue weighted by atomic mass is 16.5. The third-order valence-corrected chi connectivity index (χ3v) is 4.05. The minimum atomic E-state index is -0.480. The van der Waals surface area contributed by atoms with Crippen molar-refractivity contribution in [3.63, 3.8) is 0 Å². The fourth-order valence-corrected chi connectivity index (χ4v) is 2.73. The Morgan fingerprint density at radius 3 is 2.36 bits per heavy atom. The molecule has 1 aromatic carbocycles. The van der Waals surface area contributed by atoms with Gasteiger partial charge in [0.15, 0.2) is 5.78 Å². The first-order chi connectivity index (χ1) is 10.5. The van der Waals surface area contributed by atoms with Gasteiger partial charge in [-0.3, -0.25) is 9.59 Å². The molecule has 0 saturated carbocycles. The molecular weight excluding hydrogens is 280 g/mol. The standard InChI is InChI=1S/C17H24N2O3/c1-3-22-17(21)14-8-10-19(11-9-14)15-6-4-13(5-7-15)16(20)12(2)18/h4-7,12,14H,3,8-11,18H2,1-2H3. The third kappa shape index (κ3) is 3.85. The molecule has 1 saturated heterocycles. The molecular formula is C17H24N2O3. The van der Waals surface area contributed by atoms with E-state index >= 15 is 0 Å². The van der Waals surface area contributed by atoms with E-state index in [0.717, 1.165) is 31.6 Å². The smallest absolute Gasteiger partial charge is 0.309 e. The molecule has 1 aliphatic heterocycles. The SMILES string of the molecule is CCOC(=O)C1CCN(c2ccc(C(=O)C(C)N)cc2)CC1. The largest absolute Gasteiger partial charge is 0.466 e. The summed E-state index contributed by atoms with van der Waals surface area (Å²) in [6, 6.07) is 7.04. The Labute approximate surface area is 131 Å². The number of hydrogen-bond donors (Lipinski definition) is 1. The van der Waals surface area contributed by atoms with E-state index in [4.69, 9.17) is 10.5 Å². The first-order valence-corrected chi connectivity index (χ1v) is 7.84. The first-order valence-electron chi connectivity index (χ1n) is 7.84. The molecule has 1 fully saturated rings. The van der Waals surface area contributed by atoms with Gasteiger partial charge in [-0.25, -0.2) is 0 Å². The Hall–Kier alpha value is -1.88. The molecule has 2 rings (SSSR count). The van der Waals surface area contributed by atoms with Crippen LogP contribution in [-0.4, -0.2) is 37.5 Å². The van der Waals surface area contributed by atoms with Crippen LogP contribution in [0.15, 0.2) is 24.3 Å². The summed E-state index contributed by atoms with van der Waals surface area (Å²) in [5.74, 6) is -0.122. The van der Waals surface area contributed by atoms with Crippen molar-refractivity contribution < 1.29 is 14.3 Å². The Kier molecular flexibility index (Phi) is 5.55. The van der Waals surface area contributed by atoms with Crippen molar-refractivity contribution in [2.75, 3.05) is 24.6 Å². The molecule has 1 aromatic rings. The Morgan fingerprint density at radius 2 is 1.86 bits per heavy atom. The van der Waals surface area contributed by atoms with Crippen molar-refractivity contribution in [3.05, 3.63) is 29.8 Å². The maximum atomic E-state index is 11.8. The number of carbonyl (C=O) groups is 2. The topological polar surface area (TPSA) is 72.6 Å². The van der Waals surface area contributed by atoms with Crippen LogP contribution in [0.3, 0.4) is 0 Å². The average Bonchev–Trinajstić information content (AvgIpc) is 2.54. The summed E-state index contributed by atoms with van der Waals surface area (Å²) in [6.45, 7) is 5.61. The van der Waals surface area contributed by atoms with Gasteiger partial charge >= 0.3 is 5.97 Å². The lowest BCUT2D eigenvalue weighted by Crippen LogP contribution is -2.37. The normalized spacial score (nSPS) is 17.1. The minimum Gasteiger partial charge on any atom is -0.466 e. The molecule has 0 radical (unpaired) electrons. The molecule has 1 atom stereocenters. The van der Waals surface area contributed by atoms with Gasteiger partial charge in [-0.1, -0.05) is 0 Å². The second kappa shape index (κ2) is 7.40. The van der Waals surface area contributed by atoms with Crippen LogP contribution in [0.2, 0.25) is 0 Å². The predicted octanol–water partition coefficient (Wildman–Crippen LogP) is 2.00. The van der Waals surface area contributed by atoms with Gasteiger partial charge in [-0.05, 0) is 51.0 Å². The molecule has 0 amide bonds. The summed E-state index contributed by atoms with van der Waals surface area (Å²) in [7, 11) is 0. The lowest BCUT2D eigenvalue weighted by Gasteiger charge is -2.32. The molecule has 5 nitrogen and oxygen atoms in total. The fraction of sp³-hybridized carbons (Fsp3) is 0.529. The van der Waals surface area contributed by atoms with Crippen LogP contribution in [0, 0.1) is 5.92 Å². The van der Waals surface area contributed by atoms with Gasteiger partial charge in [0.05, 0.1) is 18.6 Å². The molecule has 1 aliphatic rings. The van der Waals surface area contributed by atoms with Crippen molar-refractivity contribution in [1.82, 2.24) is 0 Å². The quantitative estimate of drug-likeness (QED) is 0.665. The number of hydrogen-bond acceptors (Lipinski definition) is 5. The number of ketones is 1. The number of nitrogens with zero attached hydrogens (tertiary/aromatic N) is 1. The Balaban J connectivity index is 1.94. The number of rotatable bonds is 5. The predicted molar refractivity (Wildman–Crippen MR) is 86.0 cm³/mol. The number of esters is 1. The highest BCUT2D eigenvalue weighted by molar-refractivity contribution is 5.99. The molecule has 22 heavy (non-hydrogen) atoms. The zero-order valence-electron chi connectivity index (χ0n) is 13.2. The van der Waals surface area contributed by atoms with Crippen LogP contribution in [0.1, 0.15) is 37.0 Å². The zero-order valence-corrected chi connectivity index (χ0v) is 13.2. The zero-order chi connectivity index (χ0) is 16.1. The summed E-state index contributed by atoms with van der Waals surface area (Å²) >= 11 is 0. The van der Waals surface area contributed by atoms with E-state index in [9.17, 15) is 9.59 Å². The van der Waals surface area contributed by atoms with E-state index in [0.29, 0.717) is 12.2 Å². The minimum absolute atomic E-state index is 0.00939. The molecule has 0 aliphatic carbocycles. The van der Waals surface area contributed by atoms with Crippen LogP contribution >= 0.6 is 0 Å². The van der Waals surface area contributed by atoms with Gasteiger partial charge in [0.1, 0.15) is 0 Å². The second-order valence-corrected chi connectivity index (χ2v) is 5.71. The molecule has 5 heteroatoms. The van der Waals surface area contributed by atoms with E-state index in [1.807, 2.05) is 31.2 Å². The van der Waals surface area contributed by atoms with Crippen molar-refractivity contribution >= 4 is 17.4 Å². The van der Waals surface area contributed by atoms with Crippen molar-refractivity contribution in [3.8, 4) is 0 Å². The van der Waals surface area contributed by atoms with Crippen LogP contribution < -0.4 is 10.6 Å². The fourth-order valence-electron chi connectivity index (χ4n) is 2.73. The molecule has 0 spiro atoms. The molecule has 120 valence electrons. The average molecular weight is 304 g/mol. The lowest BCUT2D eigenvalue weighted by molar-refractivity contribution is -0.148. The van der Waals surface area contributed by atoms with Crippen molar-refractivity contribution in [2.24, 2.45) is 11.7 Å². The number of carbonyl (C=O) groups excluding carboxylic acids is 2. The summed E-state index contributed by atoms with van der Waals surface area (Å²) in [4.78, 5) is 25.8. The van der Waals surface area contributed by atoms with E-state index in [2.05, 4.69) is 4.90 Å². The number of Topliss-reactive ketones (excluding diaryl/α,β-unsaturated/α-hetero) is 1. The van der Waals surface area contributed by atoms with Crippen LogP contribution in [-0.2, 0) is 9.53 Å². The first kappa shape index (κ1) is 16.5. The summed E-state index contributed by atoms with van der Waals surface area (Å²) < 4.78 is 5.08. The highest BCUT2D eigenvalue weighted by Crippen LogP contribution is 2.24. The second-order valence-electron chi connectivity index (χ2n) is 5.71. The number of anilines is 1. The number of nitrogens with two attached hydrogens (primary N) is 1. The number of piperidine rings is 1.